The van der Waals surface area contributed by atoms with E-state index in [1.54, 1.807) is 12.1 Å². The largest absolute Gasteiger partial charge is 0.479 e. The molecule has 0 aromatic heterocycles. The van der Waals surface area contributed by atoms with Crippen LogP contribution in [-0.4, -0.2) is 41.9 Å². The Labute approximate surface area is 197 Å². The fourth-order valence-corrected chi connectivity index (χ4v) is 4.13. The molecule has 0 spiro atoms. The summed E-state index contributed by atoms with van der Waals surface area (Å²) in [5, 5.41) is 11.6. The Balaban J connectivity index is 1.45. The van der Waals surface area contributed by atoms with Crippen LogP contribution in [-0.2, 0) is 25.5 Å². The van der Waals surface area contributed by atoms with Gasteiger partial charge >= 0.3 is 18.0 Å². The quantitative estimate of drug-likeness (QED) is 0.491. The minimum Gasteiger partial charge on any atom is -0.479 e. The molecule has 0 bridgehead atoms. The standard InChI is InChI=1S/C27H25NO6/c1-17(25(29)30)34-26(31)24(15-18-9-3-2-4-10-18)28-27(32)33-16-23-21-13-7-5-11-19(21)20-12-6-8-14-22(20)23/h2-14,17,23-24H,15-16H2,1H3,(H,28,32)(H,29,30)/t17?,24-/m0/s1. The smallest absolute Gasteiger partial charge is 0.407 e. The third kappa shape index (κ3) is 5.09. The number of aliphatic carboxylic acids is 1. The molecule has 1 aliphatic carbocycles. The van der Waals surface area contributed by atoms with E-state index in [1.165, 1.54) is 6.92 Å². The second-order valence-corrected chi connectivity index (χ2v) is 8.13. The fourth-order valence-electron chi connectivity index (χ4n) is 4.13. The molecule has 4 rings (SSSR count). The van der Waals surface area contributed by atoms with Crippen LogP contribution in [0.5, 0.6) is 0 Å². The molecule has 1 amide bonds. The lowest BCUT2D eigenvalue weighted by Gasteiger charge is -2.20. The zero-order valence-electron chi connectivity index (χ0n) is 18.6. The molecule has 7 nitrogen and oxygen atoms in total. The highest BCUT2D eigenvalue weighted by atomic mass is 16.6. The summed E-state index contributed by atoms with van der Waals surface area (Å²) in [5.41, 5.74) is 5.16. The van der Waals surface area contributed by atoms with Gasteiger partial charge in [0.1, 0.15) is 12.6 Å². The molecule has 3 aromatic carbocycles. The number of ether oxygens (including phenoxy) is 2. The molecule has 0 saturated carbocycles. The maximum Gasteiger partial charge on any atom is 0.407 e. The summed E-state index contributed by atoms with van der Waals surface area (Å²) >= 11 is 0. The highest BCUT2D eigenvalue weighted by Gasteiger charge is 2.31. The van der Waals surface area contributed by atoms with Gasteiger partial charge in [-0.25, -0.2) is 14.4 Å². The van der Waals surface area contributed by atoms with Crippen molar-refractivity contribution >= 4 is 18.0 Å². The molecule has 0 fully saturated rings. The van der Waals surface area contributed by atoms with Gasteiger partial charge in [-0.05, 0) is 34.7 Å². The first-order valence-corrected chi connectivity index (χ1v) is 11.0. The van der Waals surface area contributed by atoms with E-state index in [0.717, 1.165) is 27.8 Å². The predicted octanol–water partition coefficient (Wildman–Crippen LogP) is 4.15. The lowest BCUT2D eigenvalue weighted by molar-refractivity contribution is -0.164. The molecular formula is C27H25NO6. The number of esters is 1. The number of carbonyl (C=O) groups excluding carboxylic acids is 2. The van der Waals surface area contributed by atoms with E-state index in [1.807, 2.05) is 66.7 Å². The van der Waals surface area contributed by atoms with E-state index in [0.29, 0.717) is 0 Å². The van der Waals surface area contributed by atoms with Crippen molar-refractivity contribution in [3.8, 4) is 11.1 Å². The summed E-state index contributed by atoms with van der Waals surface area (Å²) in [6.07, 6.45) is -1.98. The van der Waals surface area contributed by atoms with Gasteiger partial charge in [0.05, 0.1) is 0 Å². The topological polar surface area (TPSA) is 102 Å². The number of carboxylic acids is 1. The summed E-state index contributed by atoms with van der Waals surface area (Å²) < 4.78 is 10.5. The van der Waals surface area contributed by atoms with Crippen LogP contribution in [0.3, 0.4) is 0 Å². The van der Waals surface area contributed by atoms with E-state index >= 15 is 0 Å². The second-order valence-electron chi connectivity index (χ2n) is 8.13. The van der Waals surface area contributed by atoms with Gasteiger partial charge in [0.2, 0.25) is 0 Å². The number of carboxylic acid groups (broad SMARTS) is 1. The fraction of sp³-hybridized carbons (Fsp3) is 0.222. The van der Waals surface area contributed by atoms with Crippen LogP contribution in [0.25, 0.3) is 11.1 Å². The first-order valence-electron chi connectivity index (χ1n) is 11.0. The van der Waals surface area contributed by atoms with Crippen molar-refractivity contribution in [2.45, 2.75) is 31.4 Å². The summed E-state index contributed by atoms with van der Waals surface area (Å²) in [7, 11) is 0. The van der Waals surface area contributed by atoms with Crippen molar-refractivity contribution in [2.24, 2.45) is 0 Å². The molecule has 0 radical (unpaired) electrons. The van der Waals surface area contributed by atoms with E-state index in [-0.39, 0.29) is 18.9 Å². The molecule has 1 unspecified atom stereocenters. The first kappa shape index (κ1) is 23.0. The Morgan fingerprint density at radius 3 is 2.03 bits per heavy atom. The van der Waals surface area contributed by atoms with Crippen molar-refractivity contribution in [3.63, 3.8) is 0 Å². The lowest BCUT2D eigenvalue weighted by atomic mass is 9.98. The molecule has 2 N–H and O–H groups in total. The van der Waals surface area contributed by atoms with Gasteiger partial charge in [0.15, 0.2) is 6.10 Å². The number of carbonyl (C=O) groups is 3. The van der Waals surface area contributed by atoms with Gasteiger partial charge in [0, 0.05) is 12.3 Å². The molecular weight excluding hydrogens is 434 g/mol. The Morgan fingerprint density at radius 2 is 1.44 bits per heavy atom. The van der Waals surface area contributed by atoms with Gasteiger partial charge in [-0.2, -0.15) is 0 Å². The Hall–Kier alpha value is -4.13. The van der Waals surface area contributed by atoms with Gasteiger partial charge in [0.25, 0.3) is 0 Å². The van der Waals surface area contributed by atoms with Crippen LogP contribution in [0, 0.1) is 0 Å². The number of nitrogens with one attached hydrogen (secondary N) is 1. The van der Waals surface area contributed by atoms with Crippen LogP contribution in [0.4, 0.5) is 4.79 Å². The highest BCUT2D eigenvalue weighted by molar-refractivity contribution is 5.84. The Kier molecular flexibility index (Phi) is 6.92. The van der Waals surface area contributed by atoms with Gasteiger partial charge in [-0.1, -0.05) is 78.9 Å². The van der Waals surface area contributed by atoms with E-state index in [9.17, 15) is 14.4 Å². The molecule has 0 saturated heterocycles. The minimum atomic E-state index is -1.34. The molecule has 2 atom stereocenters. The van der Waals surface area contributed by atoms with Gasteiger partial charge in [-0.15, -0.1) is 0 Å². The third-order valence-corrected chi connectivity index (χ3v) is 5.84. The molecule has 174 valence electrons. The number of amides is 1. The molecule has 0 aliphatic heterocycles. The third-order valence-electron chi connectivity index (χ3n) is 5.84. The zero-order valence-corrected chi connectivity index (χ0v) is 18.6. The normalized spacial score (nSPS) is 13.8. The number of rotatable bonds is 8. The van der Waals surface area contributed by atoms with Crippen molar-refractivity contribution in [1.29, 1.82) is 0 Å². The van der Waals surface area contributed by atoms with Crippen molar-refractivity contribution < 1.29 is 29.0 Å². The zero-order chi connectivity index (χ0) is 24.1. The number of alkyl carbamates (subject to hydrolysis) is 1. The first-order chi connectivity index (χ1) is 16.4. The maximum atomic E-state index is 12.7. The molecule has 0 heterocycles. The van der Waals surface area contributed by atoms with E-state index in [2.05, 4.69) is 5.32 Å². The van der Waals surface area contributed by atoms with E-state index < -0.39 is 30.2 Å². The number of hydrogen-bond acceptors (Lipinski definition) is 5. The number of fused-ring (bicyclic) bond motifs is 3. The summed E-state index contributed by atoms with van der Waals surface area (Å²) in [6.45, 7) is 1.35. The Bertz CT molecular complexity index is 1150. The van der Waals surface area contributed by atoms with Crippen LogP contribution >= 0.6 is 0 Å². The van der Waals surface area contributed by atoms with Crippen LogP contribution in [0.2, 0.25) is 0 Å². The summed E-state index contributed by atoms with van der Waals surface area (Å²) in [4.78, 5) is 36.4. The van der Waals surface area contributed by atoms with E-state index in [4.69, 9.17) is 14.6 Å². The number of hydrogen-bond donors (Lipinski definition) is 2. The lowest BCUT2D eigenvalue weighted by Crippen LogP contribution is -2.45. The van der Waals surface area contributed by atoms with Crippen molar-refractivity contribution in [2.75, 3.05) is 6.61 Å². The van der Waals surface area contributed by atoms with Crippen molar-refractivity contribution in [3.05, 3.63) is 95.6 Å². The van der Waals surface area contributed by atoms with Crippen LogP contribution in [0.15, 0.2) is 78.9 Å². The van der Waals surface area contributed by atoms with Crippen LogP contribution < -0.4 is 5.32 Å². The molecule has 34 heavy (non-hydrogen) atoms. The SMILES string of the molecule is CC(OC(=O)[C@H](Cc1ccccc1)NC(=O)OCC1c2ccccc2-c2ccccc21)C(=O)O. The number of benzene rings is 3. The highest BCUT2D eigenvalue weighted by Crippen LogP contribution is 2.44. The summed E-state index contributed by atoms with van der Waals surface area (Å²) in [5.74, 6) is -2.23. The molecule has 1 aliphatic rings. The van der Waals surface area contributed by atoms with Gasteiger partial charge in [-0.3, -0.25) is 0 Å². The average molecular weight is 459 g/mol. The Morgan fingerprint density at radius 1 is 0.882 bits per heavy atom. The maximum absolute atomic E-state index is 12.7. The monoisotopic (exact) mass is 459 g/mol. The van der Waals surface area contributed by atoms with Gasteiger partial charge < -0.3 is 19.9 Å². The summed E-state index contributed by atoms with van der Waals surface area (Å²) in [6, 6.07) is 24.0. The molecule has 7 heteroatoms. The van der Waals surface area contributed by atoms with Crippen LogP contribution in [0.1, 0.15) is 29.5 Å². The molecule has 3 aromatic rings. The second kappa shape index (κ2) is 10.2. The van der Waals surface area contributed by atoms with Crippen molar-refractivity contribution in [1.82, 2.24) is 5.32 Å². The minimum absolute atomic E-state index is 0.0957. The predicted molar refractivity (Wildman–Crippen MR) is 125 cm³/mol. The average Bonchev–Trinajstić information content (AvgIpc) is 3.16.